The number of nitrogens with zero attached hydrogens (tertiary/aromatic N) is 3. The molecule has 2 atom stereocenters. The van der Waals surface area contributed by atoms with Gasteiger partial charge in [0.15, 0.2) is 0 Å². The smallest absolute Gasteiger partial charge is 0.213 e. The fourth-order valence-electron chi connectivity index (χ4n) is 3.08. The zero-order chi connectivity index (χ0) is 20.9. The van der Waals surface area contributed by atoms with Gasteiger partial charge in [0.25, 0.3) is 0 Å². The lowest BCUT2D eigenvalue weighted by Gasteiger charge is -2.39. The summed E-state index contributed by atoms with van der Waals surface area (Å²) in [6.45, 7) is 1.06. The molecular weight excluding hydrogens is 383 g/mol. The first-order valence-corrected chi connectivity index (χ1v) is 8.21. The van der Waals surface area contributed by atoms with Crippen molar-refractivity contribution in [3.05, 3.63) is 48.0 Å². The van der Waals surface area contributed by atoms with Crippen LogP contribution >= 0.6 is 0 Å². The first kappa shape index (κ1) is 20.2. The number of rotatable bonds is 3. The van der Waals surface area contributed by atoms with Gasteiger partial charge in [-0.3, -0.25) is 0 Å². The second-order valence-corrected chi connectivity index (χ2v) is 6.73. The summed E-state index contributed by atoms with van der Waals surface area (Å²) in [7, 11) is 5.89. The van der Waals surface area contributed by atoms with Crippen molar-refractivity contribution in [2.45, 2.75) is 31.6 Å². The Kier molecular flexibility index (Phi) is 4.71. The van der Waals surface area contributed by atoms with E-state index in [-0.39, 0.29) is 11.2 Å². The average molecular weight is 397 g/mol. The lowest BCUT2D eigenvalue weighted by Crippen LogP contribution is -2.50. The molecule has 2 aromatic carbocycles. The van der Waals surface area contributed by atoms with Crippen molar-refractivity contribution < 1.29 is 26.3 Å². The molecule has 28 heavy (non-hydrogen) atoms. The molecule has 0 bridgehead atoms. The fraction of sp³-hybridized carbons (Fsp3) is 0.333. The molecule has 3 aromatic rings. The van der Waals surface area contributed by atoms with Crippen LogP contribution in [0.4, 0.5) is 26.3 Å². The van der Waals surface area contributed by atoms with Crippen LogP contribution in [0, 0.1) is 5.92 Å². The molecule has 3 rings (SSSR count). The van der Waals surface area contributed by atoms with Crippen molar-refractivity contribution in [2.75, 3.05) is 0 Å². The van der Waals surface area contributed by atoms with E-state index in [9.17, 15) is 26.3 Å². The highest BCUT2D eigenvalue weighted by Crippen LogP contribution is 2.51. The van der Waals surface area contributed by atoms with Gasteiger partial charge in [-0.25, -0.2) is 4.68 Å². The van der Waals surface area contributed by atoms with Crippen molar-refractivity contribution in [1.29, 1.82) is 0 Å². The summed E-state index contributed by atoms with van der Waals surface area (Å²) in [6, 6.07) is 9.75. The van der Waals surface area contributed by atoms with Gasteiger partial charge < -0.3 is 0 Å². The molecule has 0 saturated heterocycles. The summed E-state index contributed by atoms with van der Waals surface area (Å²) in [5.41, 5.74) is -2.73. The van der Waals surface area contributed by atoms with E-state index in [1.807, 2.05) is 0 Å². The van der Waals surface area contributed by atoms with Crippen LogP contribution < -0.4 is 5.46 Å². The van der Waals surface area contributed by atoms with Crippen LogP contribution in [0.2, 0.25) is 0 Å². The third-order valence-electron chi connectivity index (χ3n) is 5.16. The van der Waals surface area contributed by atoms with Gasteiger partial charge >= 0.3 is 12.4 Å². The maximum Gasteiger partial charge on any atom is 0.398 e. The van der Waals surface area contributed by atoms with Gasteiger partial charge in [0.2, 0.25) is 0 Å². The molecule has 1 aromatic heterocycles. The van der Waals surface area contributed by atoms with Crippen molar-refractivity contribution in [3.8, 4) is 5.69 Å². The Labute approximate surface area is 157 Å². The molecule has 0 aliphatic rings. The number of hydrogen-bond acceptors (Lipinski definition) is 2. The van der Waals surface area contributed by atoms with Crippen molar-refractivity contribution >= 4 is 24.3 Å². The largest absolute Gasteiger partial charge is 0.398 e. The van der Waals surface area contributed by atoms with Crippen molar-refractivity contribution in [1.82, 2.24) is 15.0 Å². The number of alkyl halides is 6. The predicted molar refractivity (Wildman–Crippen MR) is 92.9 cm³/mol. The molecule has 0 N–H and O–H groups in total. The maximum absolute atomic E-state index is 13.8. The zero-order valence-electron chi connectivity index (χ0n) is 14.8. The van der Waals surface area contributed by atoms with Gasteiger partial charge in [-0.2, -0.15) is 26.3 Å². The first-order valence-electron chi connectivity index (χ1n) is 8.21. The summed E-state index contributed by atoms with van der Waals surface area (Å²) in [5, 5.41) is 7.79. The molecule has 0 aliphatic heterocycles. The number of hydrogen-bond donors (Lipinski definition) is 0. The lowest BCUT2D eigenvalue weighted by atomic mass is 9.70. The molecule has 0 aliphatic carbocycles. The monoisotopic (exact) mass is 397 g/mol. The van der Waals surface area contributed by atoms with E-state index < -0.39 is 29.2 Å². The highest BCUT2D eigenvalue weighted by atomic mass is 19.4. The Balaban J connectivity index is 2.24. The zero-order valence-corrected chi connectivity index (χ0v) is 14.8. The molecule has 2 radical (unpaired) electrons. The Morgan fingerprint density at radius 3 is 2.25 bits per heavy atom. The van der Waals surface area contributed by atoms with Gasteiger partial charge in [0.1, 0.15) is 13.4 Å². The quantitative estimate of drug-likeness (QED) is 0.489. The number of fused-ring (bicyclic) bond motifs is 1. The molecule has 10 heteroatoms. The second kappa shape index (κ2) is 6.53. The average Bonchev–Trinajstić information content (AvgIpc) is 3.03. The van der Waals surface area contributed by atoms with E-state index in [2.05, 4.69) is 10.3 Å². The Morgan fingerprint density at radius 1 is 1.00 bits per heavy atom. The third kappa shape index (κ3) is 3.14. The number of benzene rings is 2. The number of halogens is 6. The van der Waals surface area contributed by atoms with E-state index in [0.29, 0.717) is 24.9 Å². The van der Waals surface area contributed by atoms with Crippen LogP contribution in [0.3, 0.4) is 0 Å². The Morgan fingerprint density at radius 2 is 1.64 bits per heavy atom. The molecule has 1 heterocycles. The minimum atomic E-state index is -5.15. The topological polar surface area (TPSA) is 30.7 Å². The second-order valence-electron chi connectivity index (χ2n) is 6.73. The van der Waals surface area contributed by atoms with Gasteiger partial charge in [-0.15, -0.1) is 5.10 Å². The van der Waals surface area contributed by atoms with Crippen LogP contribution in [0.1, 0.15) is 19.4 Å². The fourth-order valence-corrected chi connectivity index (χ4v) is 3.08. The van der Waals surface area contributed by atoms with Crippen LogP contribution in [0.5, 0.6) is 0 Å². The Hall–Kier alpha value is -2.52. The normalized spacial score (nSPS) is 16.1. The third-order valence-corrected chi connectivity index (χ3v) is 5.16. The summed E-state index contributed by atoms with van der Waals surface area (Å²) in [5.74, 6) is -2.68. The minimum Gasteiger partial charge on any atom is -0.213 e. The SMILES string of the molecule is [B]c1ccc(C(C)(C(C)C(F)(F)F)C(F)(F)F)cc1-n1nnc2ccccc21. The predicted octanol–water partition coefficient (Wildman–Crippen LogP) is 4.23. The van der Waals surface area contributed by atoms with Gasteiger partial charge in [-0.05, 0) is 30.7 Å². The van der Waals surface area contributed by atoms with Gasteiger partial charge in [-0.1, -0.05) is 41.9 Å². The first-order chi connectivity index (χ1) is 12.9. The van der Waals surface area contributed by atoms with E-state index in [1.54, 1.807) is 24.3 Å². The van der Waals surface area contributed by atoms with E-state index in [1.165, 1.54) is 4.68 Å². The van der Waals surface area contributed by atoms with E-state index in [0.717, 1.165) is 18.2 Å². The number of aromatic nitrogens is 3. The summed E-state index contributed by atoms with van der Waals surface area (Å²) in [4.78, 5) is 0. The van der Waals surface area contributed by atoms with E-state index >= 15 is 0 Å². The van der Waals surface area contributed by atoms with Crippen molar-refractivity contribution in [3.63, 3.8) is 0 Å². The molecule has 146 valence electrons. The van der Waals surface area contributed by atoms with Crippen LogP contribution in [0.25, 0.3) is 16.7 Å². The maximum atomic E-state index is 13.8. The van der Waals surface area contributed by atoms with Crippen molar-refractivity contribution in [2.24, 2.45) is 5.92 Å². The van der Waals surface area contributed by atoms with Crippen LogP contribution in [0.15, 0.2) is 42.5 Å². The molecule has 2 unspecified atom stereocenters. The molecule has 0 saturated carbocycles. The highest BCUT2D eigenvalue weighted by Gasteiger charge is 2.62. The molecular formula is C18H14BF6N3. The van der Waals surface area contributed by atoms with E-state index in [4.69, 9.17) is 7.85 Å². The Bertz CT molecular complexity index is 1010. The molecule has 0 spiro atoms. The number of para-hydroxylation sites is 1. The van der Waals surface area contributed by atoms with Gasteiger partial charge in [0, 0.05) is 0 Å². The molecule has 0 fully saturated rings. The highest BCUT2D eigenvalue weighted by molar-refractivity contribution is 6.34. The van der Waals surface area contributed by atoms with Crippen LogP contribution in [-0.4, -0.2) is 35.2 Å². The minimum absolute atomic E-state index is 0.0241. The summed E-state index contributed by atoms with van der Waals surface area (Å²) < 4.78 is 82.5. The van der Waals surface area contributed by atoms with Gasteiger partial charge in [0.05, 0.1) is 22.5 Å². The lowest BCUT2D eigenvalue weighted by molar-refractivity contribution is -0.259. The van der Waals surface area contributed by atoms with Crippen LogP contribution in [-0.2, 0) is 5.41 Å². The summed E-state index contributed by atoms with van der Waals surface area (Å²) >= 11 is 0. The molecule has 0 amide bonds. The summed E-state index contributed by atoms with van der Waals surface area (Å²) in [6.07, 6.45) is -10.2. The standard InChI is InChI=1S/C18H14BF6N3/c1-10(17(20,21)22)16(2,18(23,24)25)11-7-8-12(19)15(9-11)28-14-6-4-3-5-13(14)26-27-28/h3-10H,1-2H3. The molecule has 3 nitrogen and oxygen atoms in total.